The van der Waals surface area contributed by atoms with Crippen LogP contribution in [-0.4, -0.2) is 39.5 Å². The molecule has 0 spiro atoms. The van der Waals surface area contributed by atoms with Crippen LogP contribution in [-0.2, 0) is 27.4 Å². The molecule has 4 rings (SSSR count). The van der Waals surface area contributed by atoms with Gasteiger partial charge in [-0.3, -0.25) is 0 Å². The Hall–Kier alpha value is -3.02. The Labute approximate surface area is 181 Å². The standard InChI is InChI=1S/C24H25N3O4/c1-24(28)22(19-13-26-21(12-25)27-19)31-20(16-29-14-17-8-4-2-5-9-17)23(24)30-15-18-10-6-3-7-11-18/h2-11,13,20,22-23,28H,14-16H2,1H3,(H,26,27). The Bertz CT molecular complexity index is 1010. The molecule has 4 unspecified atom stereocenters. The summed E-state index contributed by atoms with van der Waals surface area (Å²) >= 11 is 0. The van der Waals surface area contributed by atoms with Crippen LogP contribution in [0.25, 0.3) is 0 Å². The van der Waals surface area contributed by atoms with Gasteiger partial charge in [0.1, 0.15) is 30.0 Å². The maximum Gasteiger partial charge on any atom is 0.210 e. The summed E-state index contributed by atoms with van der Waals surface area (Å²) in [6.07, 6.45) is -0.351. The van der Waals surface area contributed by atoms with E-state index in [0.29, 0.717) is 18.9 Å². The van der Waals surface area contributed by atoms with Crippen molar-refractivity contribution in [1.29, 1.82) is 5.26 Å². The predicted molar refractivity (Wildman–Crippen MR) is 113 cm³/mol. The zero-order valence-electron chi connectivity index (χ0n) is 17.3. The van der Waals surface area contributed by atoms with Crippen LogP contribution in [0, 0.1) is 11.3 Å². The molecule has 1 aromatic heterocycles. The minimum Gasteiger partial charge on any atom is -0.384 e. The Balaban J connectivity index is 1.50. The molecule has 0 saturated carbocycles. The van der Waals surface area contributed by atoms with E-state index in [1.807, 2.05) is 66.7 Å². The van der Waals surface area contributed by atoms with Gasteiger partial charge in [-0.25, -0.2) is 4.98 Å². The minimum absolute atomic E-state index is 0.167. The van der Waals surface area contributed by atoms with Crippen LogP contribution in [0.4, 0.5) is 0 Å². The normalized spacial score (nSPS) is 25.4. The number of nitriles is 1. The van der Waals surface area contributed by atoms with Gasteiger partial charge in [-0.2, -0.15) is 5.26 Å². The zero-order chi connectivity index (χ0) is 21.7. The molecule has 0 amide bonds. The summed E-state index contributed by atoms with van der Waals surface area (Å²) in [5.41, 5.74) is 1.23. The zero-order valence-corrected chi connectivity index (χ0v) is 17.3. The summed E-state index contributed by atoms with van der Waals surface area (Å²) in [6, 6.07) is 21.6. The molecule has 0 aliphatic carbocycles. The van der Waals surface area contributed by atoms with E-state index in [0.717, 1.165) is 11.1 Å². The second-order valence-corrected chi connectivity index (χ2v) is 7.80. The SMILES string of the molecule is CC1(O)C(c2cnc(C#N)[nH]2)OC(COCc2ccccc2)C1OCc1ccccc1. The first kappa shape index (κ1) is 21.2. The molecular weight excluding hydrogens is 394 g/mol. The number of nitrogens with one attached hydrogen (secondary N) is 1. The number of hydrogen-bond donors (Lipinski definition) is 2. The highest BCUT2D eigenvalue weighted by Gasteiger charge is 2.54. The summed E-state index contributed by atoms with van der Waals surface area (Å²) in [6.45, 7) is 2.69. The molecule has 0 radical (unpaired) electrons. The smallest absolute Gasteiger partial charge is 0.210 e. The summed E-state index contributed by atoms with van der Waals surface area (Å²) in [4.78, 5) is 6.91. The maximum atomic E-state index is 11.4. The van der Waals surface area contributed by atoms with E-state index in [-0.39, 0.29) is 12.4 Å². The van der Waals surface area contributed by atoms with Gasteiger partial charge in [0, 0.05) is 0 Å². The van der Waals surface area contributed by atoms with E-state index >= 15 is 0 Å². The van der Waals surface area contributed by atoms with Crippen molar-refractivity contribution in [1.82, 2.24) is 9.97 Å². The fourth-order valence-electron chi connectivity index (χ4n) is 3.85. The number of aliphatic hydroxyl groups is 1. The van der Waals surface area contributed by atoms with E-state index in [1.165, 1.54) is 6.20 Å². The average molecular weight is 419 g/mol. The molecule has 2 aromatic carbocycles. The molecule has 2 N–H and O–H groups in total. The third-order valence-electron chi connectivity index (χ3n) is 5.41. The van der Waals surface area contributed by atoms with E-state index < -0.39 is 23.9 Å². The first-order chi connectivity index (χ1) is 15.1. The van der Waals surface area contributed by atoms with Crippen molar-refractivity contribution in [2.75, 3.05) is 6.61 Å². The van der Waals surface area contributed by atoms with Crippen molar-refractivity contribution < 1.29 is 19.3 Å². The van der Waals surface area contributed by atoms with Crippen LogP contribution >= 0.6 is 0 Å². The molecular formula is C24H25N3O4. The molecule has 31 heavy (non-hydrogen) atoms. The first-order valence-electron chi connectivity index (χ1n) is 10.2. The fraction of sp³-hybridized carbons (Fsp3) is 0.333. The van der Waals surface area contributed by atoms with Crippen LogP contribution in [0.5, 0.6) is 0 Å². The van der Waals surface area contributed by atoms with Gasteiger partial charge < -0.3 is 24.3 Å². The van der Waals surface area contributed by atoms with E-state index in [1.54, 1.807) is 6.92 Å². The van der Waals surface area contributed by atoms with Gasteiger partial charge in [0.15, 0.2) is 0 Å². The van der Waals surface area contributed by atoms with Gasteiger partial charge in [-0.1, -0.05) is 60.7 Å². The van der Waals surface area contributed by atoms with Crippen molar-refractivity contribution >= 4 is 0 Å². The van der Waals surface area contributed by atoms with Gasteiger partial charge in [-0.05, 0) is 18.1 Å². The molecule has 1 fully saturated rings. The van der Waals surface area contributed by atoms with E-state index in [4.69, 9.17) is 19.5 Å². The second-order valence-electron chi connectivity index (χ2n) is 7.80. The number of benzene rings is 2. The third kappa shape index (κ3) is 4.84. The quantitative estimate of drug-likeness (QED) is 0.581. The molecule has 7 heteroatoms. The molecule has 1 saturated heterocycles. The molecule has 1 aliphatic heterocycles. The third-order valence-corrected chi connectivity index (χ3v) is 5.41. The topological polar surface area (TPSA) is 100 Å². The lowest BCUT2D eigenvalue weighted by Gasteiger charge is -2.29. The Kier molecular flexibility index (Phi) is 6.44. The minimum atomic E-state index is -1.35. The van der Waals surface area contributed by atoms with Crippen LogP contribution in [0.2, 0.25) is 0 Å². The van der Waals surface area contributed by atoms with Gasteiger partial charge in [0.05, 0.1) is 31.7 Å². The molecule has 7 nitrogen and oxygen atoms in total. The van der Waals surface area contributed by atoms with Crippen molar-refractivity contribution in [3.63, 3.8) is 0 Å². The molecule has 160 valence electrons. The summed E-state index contributed by atoms with van der Waals surface area (Å²) in [7, 11) is 0. The van der Waals surface area contributed by atoms with Crippen molar-refractivity contribution in [3.05, 3.63) is 89.5 Å². The van der Waals surface area contributed by atoms with Gasteiger partial charge in [0.2, 0.25) is 5.82 Å². The molecule has 2 heterocycles. The summed E-state index contributed by atoms with van der Waals surface area (Å²) < 4.78 is 18.2. The van der Waals surface area contributed by atoms with Gasteiger partial charge in [-0.15, -0.1) is 0 Å². The largest absolute Gasteiger partial charge is 0.384 e. The number of hydrogen-bond acceptors (Lipinski definition) is 6. The molecule has 1 aliphatic rings. The molecule has 0 bridgehead atoms. The highest BCUT2D eigenvalue weighted by atomic mass is 16.6. The average Bonchev–Trinajstić information content (AvgIpc) is 3.36. The number of H-pyrrole nitrogens is 1. The van der Waals surface area contributed by atoms with E-state index in [9.17, 15) is 5.11 Å². The second kappa shape index (κ2) is 9.41. The lowest BCUT2D eigenvalue weighted by molar-refractivity contribution is -0.105. The van der Waals surface area contributed by atoms with Crippen LogP contribution < -0.4 is 0 Å². The molecule has 3 aromatic rings. The maximum absolute atomic E-state index is 11.4. The number of rotatable bonds is 8. The highest BCUT2D eigenvalue weighted by molar-refractivity contribution is 5.21. The van der Waals surface area contributed by atoms with Crippen LogP contribution in [0.3, 0.4) is 0 Å². The van der Waals surface area contributed by atoms with Crippen molar-refractivity contribution in [3.8, 4) is 6.07 Å². The number of aromatic amines is 1. The fourth-order valence-corrected chi connectivity index (χ4v) is 3.85. The number of ether oxygens (including phenoxy) is 3. The van der Waals surface area contributed by atoms with Gasteiger partial charge in [0.25, 0.3) is 0 Å². The Morgan fingerprint density at radius 3 is 2.35 bits per heavy atom. The van der Waals surface area contributed by atoms with Crippen molar-refractivity contribution in [2.45, 2.75) is 44.1 Å². The molecule has 4 atom stereocenters. The highest BCUT2D eigenvalue weighted by Crippen LogP contribution is 2.43. The predicted octanol–water partition coefficient (Wildman–Crippen LogP) is 3.27. The number of imidazole rings is 1. The van der Waals surface area contributed by atoms with Crippen LogP contribution in [0.1, 0.15) is 35.7 Å². The number of aromatic nitrogens is 2. The van der Waals surface area contributed by atoms with E-state index in [2.05, 4.69) is 9.97 Å². The Morgan fingerprint density at radius 2 is 1.74 bits per heavy atom. The lowest BCUT2D eigenvalue weighted by Crippen LogP contribution is -2.45. The summed E-state index contributed by atoms with van der Waals surface area (Å²) in [5, 5.41) is 20.4. The van der Waals surface area contributed by atoms with Gasteiger partial charge >= 0.3 is 0 Å². The lowest BCUT2D eigenvalue weighted by atomic mass is 9.91. The van der Waals surface area contributed by atoms with Crippen molar-refractivity contribution in [2.24, 2.45) is 0 Å². The monoisotopic (exact) mass is 419 g/mol. The van der Waals surface area contributed by atoms with Crippen LogP contribution in [0.15, 0.2) is 66.9 Å². The first-order valence-corrected chi connectivity index (χ1v) is 10.2. The number of nitrogens with zero attached hydrogens (tertiary/aromatic N) is 2. The summed E-state index contributed by atoms with van der Waals surface area (Å²) in [5.74, 6) is 0.167. The Morgan fingerprint density at radius 1 is 1.10 bits per heavy atom.